The van der Waals surface area contributed by atoms with Gasteiger partial charge in [0.2, 0.25) is 6.86 Å². The number of amides is 1. The average molecular weight is 352 g/mol. The van der Waals surface area contributed by atoms with E-state index in [9.17, 15) is 14.4 Å². The van der Waals surface area contributed by atoms with Crippen LogP contribution in [-0.2, 0) is 0 Å². The van der Waals surface area contributed by atoms with Gasteiger partial charge in [-0.3, -0.25) is 15.0 Å². The highest BCUT2D eigenvalue weighted by Gasteiger charge is 2.23. The van der Waals surface area contributed by atoms with E-state index in [1.54, 1.807) is 36.4 Å². The summed E-state index contributed by atoms with van der Waals surface area (Å²) in [6.07, 6.45) is 2.90. The van der Waals surface area contributed by atoms with Crippen molar-refractivity contribution in [1.82, 2.24) is 4.98 Å². The molecule has 0 bridgehead atoms. The van der Waals surface area contributed by atoms with Gasteiger partial charge in [0, 0.05) is 17.0 Å². The molecule has 0 aliphatic heterocycles. The van der Waals surface area contributed by atoms with Crippen LogP contribution in [0, 0.1) is 0 Å². The van der Waals surface area contributed by atoms with Crippen molar-refractivity contribution in [2.45, 2.75) is 0 Å². The number of alkyl halides is 1. The summed E-state index contributed by atoms with van der Waals surface area (Å²) in [5.41, 5.74) is 1.19. The van der Waals surface area contributed by atoms with Crippen LogP contribution < -0.4 is 9.80 Å². The number of ether oxygens (including phenoxy) is 1. The third kappa shape index (κ3) is 2.55. The first-order valence-corrected chi connectivity index (χ1v) is 7.77. The van der Waals surface area contributed by atoms with Gasteiger partial charge in [-0.25, -0.2) is 4.39 Å². The predicted octanol–water partition coefficient (Wildman–Crippen LogP) is 4.32. The minimum absolute atomic E-state index is 0.182. The van der Waals surface area contributed by atoms with E-state index < -0.39 is 12.8 Å². The summed E-state index contributed by atoms with van der Waals surface area (Å²) >= 11 is 0. The van der Waals surface area contributed by atoms with Crippen molar-refractivity contribution in [2.75, 3.05) is 11.9 Å². The number of carbonyl (C=O) groups excluding carboxylic acids is 1. The van der Waals surface area contributed by atoms with E-state index in [0.29, 0.717) is 21.4 Å². The van der Waals surface area contributed by atoms with Crippen molar-refractivity contribution in [3.8, 4) is 5.75 Å². The highest BCUT2D eigenvalue weighted by atomic mass is 19.1. The monoisotopic (exact) mass is 352 g/mol. The van der Waals surface area contributed by atoms with Gasteiger partial charge in [-0.1, -0.05) is 18.2 Å². The van der Waals surface area contributed by atoms with Crippen LogP contribution in [-0.4, -0.2) is 23.0 Å². The highest BCUT2D eigenvalue weighted by molar-refractivity contribution is 6.20. The van der Waals surface area contributed by atoms with E-state index in [-0.39, 0.29) is 22.6 Å². The fourth-order valence-electron chi connectivity index (χ4n) is 2.87. The maximum Gasteiger partial charge on any atom is 0.282 e. The zero-order valence-corrected chi connectivity index (χ0v) is 13.4. The molecule has 4 rings (SSSR count). The van der Waals surface area contributed by atoms with Gasteiger partial charge >= 0.3 is 0 Å². The zero-order chi connectivity index (χ0) is 18.1. The quantitative estimate of drug-likeness (QED) is 0.437. The maximum absolute atomic E-state index is 12.9. The lowest BCUT2D eigenvalue weighted by atomic mass is 10.0. The van der Waals surface area contributed by atoms with Crippen molar-refractivity contribution >= 4 is 33.5 Å². The summed E-state index contributed by atoms with van der Waals surface area (Å²) in [4.78, 5) is 16.7. The number of aromatic nitrogens is 1. The van der Waals surface area contributed by atoms with Crippen LogP contribution in [0.4, 0.5) is 10.1 Å². The lowest BCUT2D eigenvalue weighted by Crippen LogP contribution is -2.27. The molecular formula is C19H13FN2O4. The molecule has 4 aromatic rings. The number of para-hydroxylation sites is 1. The summed E-state index contributed by atoms with van der Waals surface area (Å²) in [7, 11) is 0. The summed E-state index contributed by atoms with van der Waals surface area (Å²) in [5.74, 6) is -0.484. The fraction of sp³-hybridized carbons (Fsp3) is 0.0526. The normalized spacial score (nSPS) is 11.0. The Hall–Kier alpha value is -3.45. The molecule has 7 heteroatoms. The van der Waals surface area contributed by atoms with Crippen molar-refractivity contribution in [3.05, 3.63) is 66.5 Å². The van der Waals surface area contributed by atoms with E-state index in [0.717, 1.165) is 0 Å². The summed E-state index contributed by atoms with van der Waals surface area (Å²) in [6.45, 7) is -1.03. The van der Waals surface area contributed by atoms with Crippen LogP contribution in [0.15, 0.2) is 65.3 Å². The van der Waals surface area contributed by atoms with E-state index in [2.05, 4.69) is 4.98 Å². The van der Waals surface area contributed by atoms with Crippen molar-refractivity contribution in [1.29, 1.82) is 0 Å². The van der Waals surface area contributed by atoms with Crippen LogP contribution in [0.2, 0.25) is 0 Å². The molecule has 0 atom stereocenters. The third-order valence-corrected chi connectivity index (χ3v) is 4.01. The number of hydrogen-bond donors (Lipinski definition) is 1. The Morgan fingerprint density at radius 2 is 2.04 bits per heavy atom. The Labute approximate surface area is 147 Å². The van der Waals surface area contributed by atoms with Crippen LogP contribution >= 0.6 is 0 Å². The highest BCUT2D eigenvalue weighted by Crippen LogP contribution is 2.37. The van der Waals surface area contributed by atoms with Gasteiger partial charge in [0.15, 0.2) is 11.3 Å². The zero-order valence-electron chi connectivity index (χ0n) is 13.4. The van der Waals surface area contributed by atoms with Crippen LogP contribution in [0.5, 0.6) is 5.75 Å². The summed E-state index contributed by atoms with van der Waals surface area (Å²) in [5, 5.41) is 11.9. The number of carbonyl (C=O) groups is 1. The Morgan fingerprint density at radius 3 is 2.81 bits per heavy atom. The lowest BCUT2D eigenvalue weighted by Gasteiger charge is -2.15. The molecule has 0 aliphatic rings. The Balaban J connectivity index is 1.92. The number of benzene rings is 2. The number of anilines is 1. The number of halogens is 1. The molecule has 6 nitrogen and oxygen atoms in total. The molecule has 2 aromatic carbocycles. The molecule has 2 heterocycles. The average Bonchev–Trinajstić information content (AvgIpc) is 3.08. The first-order valence-electron chi connectivity index (χ1n) is 7.77. The van der Waals surface area contributed by atoms with Crippen LogP contribution in [0.1, 0.15) is 10.4 Å². The van der Waals surface area contributed by atoms with Gasteiger partial charge in [0.05, 0.1) is 17.4 Å². The van der Waals surface area contributed by atoms with Crippen LogP contribution in [0.3, 0.4) is 0 Å². The molecule has 2 aromatic heterocycles. The van der Waals surface area contributed by atoms with E-state index in [1.807, 2.05) is 0 Å². The molecule has 0 saturated heterocycles. The number of pyridine rings is 1. The van der Waals surface area contributed by atoms with Gasteiger partial charge in [0.25, 0.3) is 5.91 Å². The molecule has 0 unspecified atom stereocenters. The lowest BCUT2D eigenvalue weighted by molar-refractivity contribution is 0.0856. The van der Waals surface area contributed by atoms with Gasteiger partial charge in [-0.05, 0) is 30.3 Å². The molecule has 130 valence electrons. The molecule has 0 fully saturated rings. The minimum atomic E-state index is -1.03. The Kier molecular flexibility index (Phi) is 3.98. The number of hydrogen-bond acceptors (Lipinski definition) is 5. The molecule has 0 radical (unpaired) electrons. The smallest absolute Gasteiger partial charge is 0.282 e. The fourth-order valence-corrected chi connectivity index (χ4v) is 2.87. The standard InChI is InChI=1S/C19H13FN2O4/c20-11-25-16-8-7-14(19(23)22(24)12-4-3-9-21-10-12)17-13-5-1-2-6-15(13)26-18(16)17/h1-10,24H,11H2. The van der Waals surface area contributed by atoms with E-state index in [4.69, 9.17) is 9.15 Å². The second kappa shape index (κ2) is 6.45. The molecule has 26 heavy (non-hydrogen) atoms. The summed E-state index contributed by atoms with van der Waals surface area (Å²) in [6, 6.07) is 13.2. The molecule has 1 N–H and O–H groups in total. The van der Waals surface area contributed by atoms with Crippen molar-refractivity contribution in [2.24, 2.45) is 0 Å². The van der Waals surface area contributed by atoms with Gasteiger partial charge < -0.3 is 9.15 Å². The van der Waals surface area contributed by atoms with E-state index >= 15 is 0 Å². The second-order valence-electron chi connectivity index (χ2n) is 5.50. The molecule has 0 spiro atoms. The number of rotatable bonds is 4. The molecule has 0 saturated carbocycles. The first-order chi connectivity index (χ1) is 12.7. The molecule has 1 amide bonds. The van der Waals surface area contributed by atoms with E-state index in [1.165, 1.54) is 24.5 Å². The van der Waals surface area contributed by atoms with Crippen molar-refractivity contribution < 1.29 is 23.5 Å². The Morgan fingerprint density at radius 1 is 1.19 bits per heavy atom. The SMILES string of the molecule is O=C(c1ccc(OCF)c2oc3ccccc3c12)N(O)c1cccnc1. The Bertz CT molecular complexity index is 1090. The second-order valence-corrected chi connectivity index (χ2v) is 5.50. The van der Waals surface area contributed by atoms with Crippen LogP contribution in [0.25, 0.3) is 21.9 Å². The predicted molar refractivity (Wildman–Crippen MR) is 93.2 cm³/mol. The number of furan rings is 1. The first kappa shape index (κ1) is 16.0. The molecular weight excluding hydrogens is 339 g/mol. The summed E-state index contributed by atoms with van der Waals surface area (Å²) < 4.78 is 23.4. The largest absolute Gasteiger partial charge is 0.459 e. The third-order valence-electron chi connectivity index (χ3n) is 4.01. The number of fused-ring (bicyclic) bond motifs is 3. The van der Waals surface area contributed by atoms with Gasteiger partial charge in [0.1, 0.15) is 5.58 Å². The van der Waals surface area contributed by atoms with Gasteiger partial charge in [-0.2, -0.15) is 5.06 Å². The molecule has 0 aliphatic carbocycles. The maximum atomic E-state index is 12.9. The van der Waals surface area contributed by atoms with Gasteiger partial charge in [-0.15, -0.1) is 0 Å². The van der Waals surface area contributed by atoms with Crippen molar-refractivity contribution in [3.63, 3.8) is 0 Å². The topological polar surface area (TPSA) is 75.8 Å². The number of nitrogens with zero attached hydrogens (tertiary/aromatic N) is 2. The minimum Gasteiger partial charge on any atom is -0.459 e. The number of hydroxylamine groups is 1.